The number of nitrogens with zero attached hydrogens (tertiary/aromatic N) is 4. The fourth-order valence-electron chi connectivity index (χ4n) is 3.47. The largest absolute Gasteiger partial charge is 0.359 e. The van der Waals surface area contributed by atoms with Crippen LogP contribution < -0.4 is 20.4 Å². The Morgan fingerprint density at radius 2 is 1.97 bits per heavy atom. The van der Waals surface area contributed by atoms with Gasteiger partial charge < -0.3 is 10.6 Å². The lowest BCUT2D eigenvalue weighted by molar-refractivity contribution is 0.0365. The number of anilines is 5. The van der Waals surface area contributed by atoms with Gasteiger partial charge in [-0.3, -0.25) is 18.9 Å². The Balaban J connectivity index is 1.73. The van der Waals surface area contributed by atoms with Crippen molar-refractivity contribution in [1.82, 2.24) is 20.2 Å². The summed E-state index contributed by atoms with van der Waals surface area (Å²) in [7, 11) is -1.48. The van der Waals surface area contributed by atoms with Gasteiger partial charge in [-0.15, -0.1) is 0 Å². The second-order valence-electron chi connectivity index (χ2n) is 8.10. The van der Waals surface area contributed by atoms with Crippen molar-refractivity contribution in [2.24, 2.45) is 7.05 Å². The van der Waals surface area contributed by atoms with Crippen molar-refractivity contribution in [3.05, 3.63) is 53.9 Å². The Bertz CT molecular complexity index is 1340. The van der Waals surface area contributed by atoms with E-state index in [1.807, 2.05) is 6.07 Å². The van der Waals surface area contributed by atoms with Gasteiger partial charge in [-0.1, -0.05) is 6.07 Å². The molecule has 1 aliphatic carbocycles. The smallest absolute Gasteiger partial charge is 0.353 e. The van der Waals surface area contributed by atoms with Crippen LogP contribution in [0.3, 0.4) is 0 Å². The van der Waals surface area contributed by atoms with Crippen LogP contribution in [-0.4, -0.2) is 47.3 Å². The Morgan fingerprint density at radius 1 is 1.20 bits per heavy atom. The normalized spacial score (nSPS) is 13.4. The first-order chi connectivity index (χ1) is 16.7. The van der Waals surface area contributed by atoms with Gasteiger partial charge >= 0.3 is 10.3 Å². The number of nitrogens with one attached hydrogen (secondary N) is 3. The van der Waals surface area contributed by atoms with E-state index >= 15 is 0 Å². The van der Waals surface area contributed by atoms with E-state index in [1.54, 1.807) is 49.1 Å². The number of pyridine rings is 1. The molecule has 0 atom stereocenters. The van der Waals surface area contributed by atoms with Crippen LogP contribution >= 0.6 is 0 Å². The number of hydrogen-bond donors (Lipinski definition) is 4. The van der Waals surface area contributed by atoms with Crippen molar-refractivity contribution in [3.8, 4) is 0 Å². The maximum Gasteiger partial charge on any atom is 0.359 e. The average Bonchev–Trinajstić information content (AvgIpc) is 3.59. The molecule has 1 aliphatic rings. The third kappa shape index (κ3) is 5.88. The lowest BCUT2D eigenvalue weighted by atomic mass is 10.1. The van der Waals surface area contributed by atoms with Gasteiger partial charge in [-0.25, -0.2) is 14.8 Å². The molecule has 0 radical (unpaired) electrons. The minimum atomic E-state index is -4.52. The number of carbonyl (C=O) groups is 1. The number of aryl methyl sites for hydroxylation is 1. The second kappa shape index (κ2) is 9.90. The molecule has 12 nitrogen and oxygen atoms in total. The lowest BCUT2D eigenvalue weighted by Gasteiger charge is -2.22. The fraction of sp³-hybridized carbons (Fsp3) is 0.318. The van der Waals surface area contributed by atoms with Crippen molar-refractivity contribution in [2.75, 3.05) is 28.6 Å². The van der Waals surface area contributed by atoms with Gasteiger partial charge in [-0.05, 0) is 43.4 Å². The van der Waals surface area contributed by atoms with Gasteiger partial charge in [0.05, 0.1) is 29.2 Å². The van der Waals surface area contributed by atoms with Gasteiger partial charge in [0.15, 0.2) is 5.82 Å². The molecule has 0 unspecified atom stereocenters. The summed E-state index contributed by atoms with van der Waals surface area (Å²) >= 11 is 0. The predicted molar refractivity (Wildman–Crippen MR) is 131 cm³/mol. The molecule has 1 fully saturated rings. The van der Waals surface area contributed by atoms with Crippen LogP contribution in [0, 0.1) is 0 Å². The molecule has 1 saturated carbocycles. The number of hydroxylamine groups is 1. The highest BCUT2D eigenvalue weighted by molar-refractivity contribution is 7.87. The zero-order valence-corrected chi connectivity index (χ0v) is 20.3. The summed E-state index contributed by atoms with van der Waals surface area (Å²) in [4.78, 5) is 22.0. The van der Waals surface area contributed by atoms with E-state index in [2.05, 4.69) is 26.2 Å². The molecule has 0 bridgehead atoms. The van der Waals surface area contributed by atoms with E-state index < -0.39 is 16.2 Å². The molecule has 0 spiro atoms. The SMILES string of the molecule is CCONC(=O)c1cnc(Nc2ccn(C)n2)cc1Nc1ccc(C2CC2)cc1N(C)S(=O)(=O)O. The molecule has 2 heterocycles. The summed E-state index contributed by atoms with van der Waals surface area (Å²) in [5, 5.41) is 10.5. The van der Waals surface area contributed by atoms with Crippen molar-refractivity contribution in [3.63, 3.8) is 0 Å². The highest BCUT2D eigenvalue weighted by Gasteiger charge is 2.27. The topological polar surface area (TPSA) is 151 Å². The quantitative estimate of drug-likeness (QED) is 0.243. The predicted octanol–water partition coefficient (Wildman–Crippen LogP) is 3.10. The van der Waals surface area contributed by atoms with Gasteiger partial charge in [0.25, 0.3) is 5.91 Å². The van der Waals surface area contributed by atoms with Crippen molar-refractivity contribution in [2.45, 2.75) is 25.7 Å². The molecule has 0 aliphatic heterocycles. The molecule has 1 amide bonds. The molecule has 4 rings (SSSR count). The van der Waals surface area contributed by atoms with Crippen LogP contribution in [-0.2, 0) is 22.2 Å². The fourth-order valence-corrected chi connectivity index (χ4v) is 3.87. The van der Waals surface area contributed by atoms with E-state index in [-0.39, 0.29) is 17.9 Å². The van der Waals surface area contributed by atoms with Crippen molar-refractivity contribution >= 4 is 44.9 Å². The molecule has 2 aromatic heterocycles. The van der Waals surface area contributed by atoms with E-state index in [0.717, 1.165) is 22.7 Å². The summed E-state index contributed by atoms with van der Waals surface area (Å²) in [5.41, 5.74) is 4.42. The van der Waals surface area contributed by atoms with Crippen LogP contribution in [0.25, 0.3) is 0 Å². The number of rotatable bonds is 10. The standard InChI is InChI=1S/C22H27N7O5S/c1-4-34-27-22(30)16-13-23-21(25-20-9-10-28(2)26-20)12-18(16)24-17-8-7-15(14-5-6-14)11-19(17)29(3)35(31,32)33/h7-14H,4-6H2,1-3H3,(H,27,30)(H,31,32,33)(H2,23,24,25,26). The Labute approximate surface area is 203 Å². The molecule has 3 aromatic rings. The van der Waals surface area contributed by atoms with Crippen molar-refractivity contribution < 1.29 is 22.6 Å². The molecule has 4 N–H and O–H groups in total. The van der Waals surface area contributed by atoms with Crippen LogP contribution in [0.5, 0.6) is 0 Å². The number of benzene rings is 1. The monoisotopic (exact) mass is 501 g/mol. The Hall–Kier alpha value is -3.68. The maximum atomic E-state index is 12.7. The average molecular weight is 502 g/mol. The minimum Gasteiger partial charge on any atom is -0.353 e. The molecule has 1 aromatic carbocycles. The zero-order chi connectivity index (χ0) is 25.2. The van der Waals surface area contributed by atoms with E-state index in [1.165, 1.54) is 13.2 Å². The van der Waals surface area contributed by atoms with Gasteiger partial charge in [0.1, 0.15) is 5.82 Å². The highest BCUT2D eigenvalue weighted by atomic mass is 32.2. The number of hydrogen-bond acceptors (Lipinski definition) is 8. The molecule has 13 heteroatoms. The van der Waals surface area contributed by atoms with E-state index in [9.17, 15) is 17.8 Å². The second-order valence-corrected chi connectivity index (χ2v) is 9.54. The summed E-state index contributed by atoms with van der Waals surface area (Å²) in [6.45, 7) is 2.00. The molecular weight excluding hydrogens is 474 g/mol. The molecule has 0 saturated heterocycles. The molecule has 186 valence electrons. The van der Waals surface area contributed by atoms with E-state index in [0.29, 0.717) is 28.9 Å². The maximum absolute atomic E-state index is 12.7. The number of carbonyl (C=O) groups excluding carboxylic acids is 1. The number of aromatic nitrogens is 3. The highest BCUT2D eigenvalue weighted by Crippen LogP contribution is 2.43. The Morgan fingerprint density at radius 3 is 2.60 bits per heavy atom. The third-order valence-electron chi connectivity index (χ3n) is 5.45. The van der Waals surface area contributed by atoms with Crippen LogP contribution in [0.15, 0.2) is 42.7 Å². The molecule has 35 heavy (non-hydrogen) atoms. The number of amides is 1. The molecular formula is C22H27N7O5S. The Kier molecular flexibility index (Phi) is 6.91. The van der Waals surface area contributed by atoms with Crippen LogP contribution in [0.2, 0.25) is 0 Å². The van der Waals surface area contributed by atoms with Crippen LogP contribution in [0.1, 0.15) is 41.6 Å². The first-order valence-electron chi connectivity index (χ1n) is 11.0. The summed E-state index contributed by atoms with van der Waals surface area (Å²) in [5.74, 6) is 0.780. The van der Waals surface area contributed by atoms with E-state index in [4.69, 9.17) is 4.84 Å². The first-order valence-corrected chi connectivity index (χ1v) is 12.4. The lowest BCUT2D eigenvalue weighted by Crippen LogP contribution is -2.27. The summed E-state index contributed by atoms with van der Waals surface area (Å²) in [6, 6.07) is 8.71. The zero-order valence-electron chi connectivity index (χ0n) is 19.5. The van der Waals surface area contributed by atoms with Crippen molar-refractivity contribution in [1.29, 1.82) is 0 Å². The third-order valence-corrected chi connectivity index (χ3v) is 6.34. The van der Waals surface area contributed by atoms with Gasteiger partial charge in [-0.2, -0.15) is 13.5 Å². The van der Waals surface area contributed by atoms with Gasteiger partial charge in [0, 0.05) is 38.6 Å². The minimum absolute atomic E-state index is 0.164. The summed E-state index contributed by atoms with van der Waals surface area (Å²) < 4.78 is 36.0. The van der Waals surface area contributed by atoms with Gasteiger partial charge in [0.2, 0.25) is 0 Å². The summed E-state index contributed by atoms with van der Waals surface area (Å²) in [6.07, 6.45) is 5.18. The first kappa shape index (κ1) is 24.4. The van der Waals surface area contributed by atoms with Crippen LogP contribution in [0.4, 0.5) is 28.7 Å².